The SMILES string of the molecule is Cc1cc(-c2nc3ccc(Cl)cc3n2C)ccc1N. The van der Waals surface area contributed by atoms with Gasteiger partial charge in [-0.2, -0.15) is 0 Å². The Bertz CT molecular complexity index is 774. The third-order valence-corrected chi connectivity index (χ3v) is 3.61. The number of nitrogen functional groups attached to an aromatic ring is 1. The highest BCUT2D eigenvalue weighted by molar-refractivity contribution is 6.31. The molecule has 0 atom stereocenters. The molecule has 1 heterocycles. The van der Waals surface area contributed by atoms with E-state index in [-0.39, 0.29) is 0 Å². The molecule has 0 radical (unpaired) electrons. The molecule has 3 nitrogen and oxygen atoms in total. The second-order valence-corrected chi connectivity index (χ2v) is 5.14. The Labute approximate surface area is 116 Å². The summed E-state index contributed by atoms with van der Waals surface area (Å²) in [5.41, 5.74) is 10.7. The summed E-state index contributed by atoms with van der Waals surface area (Å²) >= 11 is 6.03. The molecule has 96 valence electrons. The summed E-state index contributed by atoms with van der Waals surface area (Å²) in [4.78, 5) is 4.66. The summed E-state index contributed by atoms with van der Waals surface area (Å²) in [5, 5.41) is 0.718. The van der Waals surface area contributed by atoms with Crippen molar-refractivity contribution in [1.82, 2.24) is 9.55 Å². The van der Waals surface area contributed by atoms with E-state index >= 15 is 0 Å². The molecule has 0 saturated heterocycles. The van der Waals surface area contributed by atoms with Crippen LogP contribution in [0.15, 0.2) is 36.4 Å². The average Bonchev–Trinajstić information content (AvgIpc) is 2.70. The zero-order chi connectivity index (χ0) is 13.6. The maximum Gasteiger partial charge on any atom is 0.140 e. The monoisotopic (exact) mass is 271 g/mol. The minimum atomic E-state index is 0.718. The van der Waals surface area contributed by atoms with Gasteiger partial charge in [-0.1, -0.05) is 11.6 Å². The molecule has 0 bridgehead atoms. The van der Waals surface area contributed by atoms with Crippen LogP contribution < -0.4 is 5.73 Å². The van der Waals surface area contributed by atoms with E-state index in [2.05, 4.69) is 11.1 Å². The maximum atomic E-state index is 6.03. The van der Waals surface area contributed by atoms with E-state index < -0.39 is 0 Å². The van der Waals surface area contributed by atoms with Crippen LogP contribution in [0.3, 0.4) is 0 Å². The second-order valence-electron chi connectivity index (χ2n) is 4.70. The quantitative estimate of drug-likeness (QED) is 0.685. The maximum absolute atomic E-state index is 6.03. The smallest absolute Gasteiger partial charge is 0.140 e. The van der Waals surface area contributed by atoms with Gasteiger partial charge in [0.15, 0.2) is 0 Å². The van der Waals surface area contributed by atoms with Gasteiger partial charge < -0.3 is 10.3 Å². The Balaban J connectivity index is 2.24. The summed E-state index contributed by atoms with van der Waals surface area (Å²) in [5.74, 6) is 0.917. The lowest BCUT2D eigenvalue weighted by Gasteiger charge is -2.05. The molecular formula is C15H14ClN3. The number of hydrogen-bond donors (Lipinski definition) is 1. The minimum Gasteiger partial charge on any atom is -0.399 e. The third-order valence-electron chi connectivity index (χ3n) is 3.37. The molecule has 3 rings (SSSR count). The Morgan fingerprint density at radius 3 is 2.68 bits per heavy atom. The van der Waals surface area contributed by atoms with Crippen LogP contribution in [-0.4, -0.2) is 9.55 Å². The standard InChI is InChI=1S/C15H14ClN3/c1-9-7-10(3-5-12(9)17)15-18-13-6-4-11(16)8-14(13)19(15)2/h3-8H,17H2,1-2H3. The van der Waals surface area contributed by atoms with Crippen molar-refractivity contribution in [3.8, 4) is 11.4 Å². The number of imidazole rings is 1. The normalized spacial score (nSPS) is 11.1. The van der Waals surface area contributed by atoms with Gasteiger partial charge in [-0.3, -0.25) is 0 Å². The van der Waals surface area contributed by atoms with E-state index in [0.717, 1.165) is 38.7 Å². The number of anilines is 1. The lowest BCUT2D eigenvalue weighted by atomic mass is 10.1. The molecule has 3 aromatic rings. The number of aryl methyl sites for hydroxylation is 2. The molecule has 0 unspecified atom stereocenters. The van der Waals surface area contributed by atoms with Gasteiger partial charge in [-0.05, 0) is 48.9 Å². The van der Waals surface area contributed by atoms with Gasteiger partial charge in [-0.25, -0.2) is 4.98 Å². The molecule has 19 heavy (non-hydrogen) atoms. The summed E-state index contributed by atoms with van der Waals surface area (Å²) in [7, 11) is 1.99. The van der Waals surface area contributed by atoms with Crippen molar-refractivity contribution in [2.24, 2.45) is 7.05 Å². The Kier molecular flexibility index (Phi) is 2.72. The van der Waals surface area contributed by atoms with E-state index in [0.29, 0.717) is 0 Å². The van der Waals surface area contributed by atoms with Gasteiger partial charge >= 0.3 is 0 Å². The fourth-order valence-electron chi connectivity index (χ4n) is 2.24. The predicted molar refractivity (Wildman–Crippen MR) is 80.3 cm³/mol. The number of aromatic nitrogens is 2. The number of nitrogens with two attached hydrogens (primary N) is 1. The van der Waals surface area contributed by atoms with Crippen molar-refractivity contribution in [1.29, 1.82) is 0 Å². The summed E-state index contributed by atoms with van der Waals surface area (Å²) in [6.07, 6.45) is 0. The van der Waals surface area contributed by atoms with Crippen LogP contribution in [0.4, 0.5) is 5.69 Å². The number of nitrogens with zero attached hydrogens (tertiary/aromatic N) is 2. The molecule has 0 fully saturated rings. The Morgan fingerprint density at radius 1 is 1.16 bits per heavy atom. The van der Waals surface area contributed by atoms with Gasteiger partial charge in [0.25, 0.3) is 0 Å². The van der Waals surface area contributed by atoms with Crippen LogP contribution in [0, 0.1) is 6.92 Å². The number of hydrogen-bond acceptors (Lipinski definition) is 2. The minimum absolute atomic E-state index is 0.718. The van der Waals surface area contributed by atoms with Gasteiger partial charge in [0.05, 0.1) is 11.0 Å². The molecule has 0 saturated carbocycles. The Morgan fingerprint density at radius 2 is 1.95 bits per heavy atom. The number of fused-ring (bicyclic) bond motifs is 1. The molecular weight excluding hydrogens is 258 g/mol. The predicted octanol–water partition coefficient (Wildman–Crippen LogP) is 3.78. The van der Waals surface area contributed by atoms with Crippen molar-refractivity contribution in [3.63, 3.8) is 0 Å². The van der Waals surface area contributed by atoms with Crippen molar-refractivity contribution in [2.75, 3.05) is 5.73 Å². The number of benzene rings is 2. The third kappa shape index (κ3) is 1.96. The molecule has 0 aliphatic rings. The highest BCUT2D eigenvalue weighted by Gasteiger charge is 2.10. The zero-order valence-corrected chi connectivity index (χ0v) is 11.6. The fourth-order valence-corrected chi connectivity index (χ4v) is 2.40. The van der Waals surface area contributed by atoms with E-state index in [1.54, 1.807) is 0 Å². The molecule has 4 heteroatoms. The van der Waals surface area contributed by atoms with E-state index in [1.807, 2.05) is 48.9 Å². The topological polar surface area (TPSA) is 43.8 Å². The van der Waals surface area contributed by atoms with Crippen LogP contribution in [0.25, 0.3) is 22.4 Å². The van der Waals surface area contributed by atoms with Crippen molar-refractivity contribution in [2.45, 2.75) is 6.92 Å². The van der Waals surface area contributed by atoms with Crippen molar-refractivity contribution < 1.29 is 0 Å². The van der Waals surface area contributed by atoms with Gasteiger partial charge in [0.1, 0.15) is 5.82 Å². The highest BCUT2D eigenvalue weighted by atomic mass is 35.5. The molecule has 2 aromatic carbocycles. The second kappa shape index (κ2) is 4.28. The molecule has 0 amide bonds. The first kappa shape index (κ1) is 12.1. The number of rotatable bonds is 1. The fraction of sp³-hybridized carbons (Fsp3) is 0.133. The average molecular weight is 272 g/mol. The van der Waals surface area contributed by atoms with Crippen LogP contribution >= 0.6 is 11.6 Å². The molecule has 1 aromatic heterocycles. The van der Waals surface area contributed by atoms with E-state index in [9.17, 15) is 0 Å². The van der Waals surface area contributed by atoms with Crippen molar-refractivity contribution in [3.05, 3.63) is 47.0 Å². The van der Waals surface area contributed by atoms with Crippen LogP contribution in [0.5, 0.6) is 0 Å². The van der Waals surface area contributed by atoms with Gasteiger partial charge in [-0.15, -0.1) is 0 Å². The van der Waals surface area contributed by atoms with Crippen LogP contribution in [0.2, 0.25) is 5.02 Å². The number of halogens is 1. The first-order chi connectivity index (χ1) is 9.06. The van der Waals surface area contributed by atoms with Gasteiger partial charge in [0, 0.05) is 23.3 Å². The lowest BCUT2D eigenvalue weighted by molar-refractivity contribution is 0.959. The van der Waals surface area contributed by atoms with E-state index in [1.165, 1.54) is 0 Å². The first-order valence-electron chi connectivity index (χ1n) is 6.05. The summed E-state index contributed by atoms with van der Waals surface area (Å²) in [6, 6.07) is 11.7. The first-order valence-corrected chi connectivity index (χ1v) is 6.42. The largest absolute Gasteiger partial charge is 0.399 e. The lowest BCUT2D eigenvalue weighted by Crippen LogP contribution is -1.95. The molecule has 2 N–H and O–H groups in total. The molecule has 0 spiro atoms. The Hall–Kier alpha value is -2.00. The zero-order valence-electron chi connectivity index (χ0n) is 10.8. The summed E-state index contributed by atoms with van der Waals surface area (Å²) in [6.45, 7) is 2.00. The molecule has 0 aliphatic carbocycles. The van der Waals surface area contributed by atoms with Crippen LogP contribution in [0.1, 0.15) is 5.56 Å². The van der Waals surface area contributed by atoms with Crippen molar-refractivity contribution >= 4 is 28.3 Å². The summed E-state index contributed by atoms with van der Waals surface area (Å²) < 4.78 is 2.05. The highest BCUT2D eigenvalue weighted by Crippen LogP contribution is 2.27. The molecule has 0 aliphatic heterocycles. The van der Waals surface area contributed by atoms with Crippen LogP contribution in [-0.2, 0) is 7.05 Å². The van der Waals surface area contributed by atoms with Gasteiger partial charge in [0.2, 0.25) is 0 Å². The van der Waals surface area contributed by atoms with E-state index in [4.69, 9.17) is 17.3 Å².